The molecule has 1 aliphatic rings. The van der Waals surface area contributed by atoms with Crippen LogP contribution in [0.5, 0.6) is 0 Å². The Labute approximate surface area is 179 Å². The van der Waals surface area contributed by atoms with Crippen LogP contribution in [-0.2, 0) is 14.8 Å². The van der Waals surface area contributed by atoms with Crippen molar-refractivity contribution in [2.24, 2.45) is 0 Å². The summed E-state index contributed by atoms with van der Waals surface area (Å²) in [6.07, 6.45) is 3.60. The second-order valence-corrected chi connectivity index (χ2v) is 9.45. The van der Waals surface area contributed by atoms with Gasteiger partial charge in [0.15, 0.2) is 5.76 Å². The predicted molar refractivity (Wildman–Crippen MR) is 111 cm³/mol. The fraction of sp³-hybridized carbons (Fsp3) is 0.368. The van der Waals surface area contributed by atoms with Gasteiger partial charge in [0.05, 0.1) is 0 Å². The van der Waals surface area contributed by atoms with Crippen molar-refractivity contribution in [2.45, 2.75) is 25.2 Å². The Hall–Kier alpha value is -1.87. The zero-order valence-corrected chi connectivity index (χ0v) is 18.4. The first-order valence-corrected chi connectivity index (χ1v) is 11.2. The number of rotatable bonds is 4. The summed E-state index contributed by atoms with van der Waals surface area (Å²) in [6, 6.07) is 5.03. The van der Waals surface area contributed by atoms with Gasteiger partial charge in [-0.15, -0.1) is 0 Å². The van der Waals surface area contributed by atoms with Crippen LogP contribution < -0.4 is 0 Å². The Morgan fingerprint density at radius 3 is 2.59 bits per heavy atom. The van der Waals surface area contributed by atoms with Crippen molar-refractivity contribution < 1.29 is 17.7 Å². The van der Waals surface area contributed by atoms with Crippen molar-refractivity contribution in [1.82, 2.24) is 14.4 Å². The van der Waals surface area contributed by atoms with Crippen LogP contribution in [0.25, 0.3) is 6.08 Å². The smallest absolute Gasteiger partial charge is 0.248 e. The summed E-state index contributed by atoms with van der Waals surface area (Å²) in [7, 11) is -3.73. The normalized spacial score (nSPS) is 16.3. The lowest BCUT2D eigenvalue weighted by Crippen LogP contribution is -2.37. The molecule has 0 spiro atoms. The van der Waals surface area contributed by atoms with E-state index in [1.54, 1.807) is 43.0 Å². The molecule has 156 valence electrons. The van der Waals surface area contributed by atoms with E-state index >= 15 is 0 Å². The van der Waals surface area contributed by atoms with Crippen LogP contribution in [0.4, 0.5) is 0 Å². The average molecular weight is 458 g/mol. The predicted octanol–water partition coefficient (Wildman–Crippen LogP) is 3.53. The second kappa shape index (κ2) is 8.87. The summed E-state index contributed by atoms with van der Waals surface area (Å²) >= 11 is 12.0. The maximum Gasteiger partial charge on any atom is 0.248 e. The minimum Gasteiger partial charge on any atom is -0.360 e. The number of carbonyl (C=O) groups excluding carboxylic acids is 1. The first kappa shape index (κ1) is 21.8. The van der Waals surface area contributed by atoms with Gasteiger partial charge in [-0.2, -0.15) is 4.31 Å². The van der Waals surface area contributed by atoms with Crippen LogP contribution in [-0.4, -0.2) is 54.9 Å². The molecule has 0 aliphatic carbocycles. The van der Waals surface area contributed by atoms with Gasteiger partial charge in [0, 0.05) is 42.3 Å². The summed E-state index contributed by atoms with van der Waals surface area (Å²) in [4.78, 5) is 14.3. The Morgan fingerprint density at radius 1 is 1.17 bits per heavy atom. The third-order valence-electron chi connectivity index (χ3n) is 4.70. The Balaban J connectivity index is 1.69. The molecule has 1 fully saturated rings. The van der Waals surface area contributed by atoms with E-state index in [1.165, 1.54) is 10.4 Å². The van der Waals surface area contributed by atoms with E-state index in [4.69, 9.17) is 27.7 Å². The molecule has 2 aromatic rings. The molecule has 0 bridgehead atoms. The molecule has 3 rings (SSSR count). The number of carbonyl (C=O) groups is 1. The number of benzene rings is 1. The van der Waals surface area contributed by atoms with Crippen molar-refractivity contribution in [3.05, 3.63) is 51.3 Å². The maximum absolute atomic E-state index is 13.0. The molecule has 0 saturated carbocycles. The lowest BCUT2D eigenvalue weighted by Gasteiger charge is -2.21. The number of aromatic nitrogens is 1. The molecule has 1 saturated heterocycles. The molecule has 1 aromatic carbocycles. The SMILES string of the molecule is Cc1noc(C)c1S(=O)(=O)N1CCCN(C(=O)C=Cc2ccc(Cl)cc2Cl)CC1. The van der Waals surface area contributed by atoms with Crippen molar-refractivity contribution in [2.75, 3.05) is 26.2 Å². The molecule has 2 heterocycles. The highest BCUT2D eigenvalue weighted by molar-refractivity contribution is 7.89. The summed E-state index contributed by atoms with van der Waals surface area (Å²) < 4.78 is 32.3. The molecule has 10 heteroatoms. The van der Waals surface area contributed by atoms with E-state index in [1.807, 2.05) is 0 Å². The average Bonchev–Trinajstić information content (AvgIpc) is 2.85. The third kappa shape index (κ3) is 4.83. The number of aryl methyl sites for hydroxylation is 2. The Kier molecular flexibility index (Phi) is 6.68. The third-order valence-corrected chi connectivity index (χ3v) is 7.41. The zero-order valence-electron chi connectivity index (χ0n) is 16.1. The van der Waals surface area contributed by atoms with E-state index in [0.717, 1.165) is 0 Å². The van der Waals surface area contributed by atoms with Gasteiger partial charge in [-0.05, 0) is 44.0 Å². The minimum absolute atomic E-state index is 0.106. The lowest BCUT2D eigenvalue weighted by molar-refractivity contribution is -0.125. The van der Waals surface area contributed by atoms with E-state index in [-0.39, 0.29) is 23.1 Å². The minimum atomic E-state index is -3.73. The number of amides is 1. The number of nitrogens with zero attached hydrogens (tertiary/aromatic N) is 3. The van der Waals surface area contributed by atoms with E-state index in [2.05, 4.69) is 5.16 Å². The molecule has 0 atom stereocenters. The molecule has 0 radical (unpaired) electrons. The van der Waals surface area contributed by atoms with Crippen LogP contribution in [0.2, 0.25) is 10.0 Å². The quantitative estimate of drug-likeness (QED) is 0.655. The van der Waals surface area contributed by atoms with Gasteiger partial charge >= 0.3 is 0 Å². The number of hydrogen-bond donors (Lipinski definition) is 0. The van der Waals surface area contributed by atoms with E-state index in [0.29, 0.717) is 47.4 Å². The highest BCUT2D eigenvalue weighted by Gasteiger charge is 2.32. The van der Waals surface area contributed by atoms with Gasteiger partial charge in [0.1, 0.15) is 10.6 Å². The van der Waals surface area contributed by atoms with Crippen LogP contribution in [0.1, 0.15) is 23.4 Å². The van der Waals surface area contributed by atoms with Crippen LogP contribution >= 0.6 is 23.2 Å². The largest absolute Gasteiger partial charge is 0.360 e. The van der Waals surface area contributed by atoms with E-state index in [9.17, 15) is 13.2 Å². The number of hydrogen-bond acceptors (Lipinski definition) is 5. The summed E-state index contributed by atoms with van der Waals surface area (Å²) in [5.41, 5.74) is 1.02. The van der Waals surface area contributed by atoms with Gasteiger partial charge in [-0.3, -0.25) is 4.79 Å². The molecule has 1 aliphatic heterocycles. The Bertz CT molecular complexity index is 1030. The van der Waals surface area contributed by atoms with Gasteiger partial charge in [0.25, 0.3) is 0 Å². The fourth-order valence-corrected chi connectivity index (χ4v) is 5.46. The maximum atomic E-state index is 13.0. The van der Waals surface area contributed by atoms with Crippen LogP contribution in [0.3, 0.4) is 0 Å². The van der Waals surface area contributed by atoms with E-state index < -0.39 is 10.0 Å². The summed E-state index contributed by atoms with van der Waals surface area (Å²) in [5.74, 6) is 0.0649. The molecule has 7 nitrogen and oxygen atoms in total. The van der Waals surface area contributed by atoms with Crippen molar-refractivity contribution in [3.8, 4) is 0 Å². The molecule has 1 aromatic heterocycles. The highest BCUT2D eigenvalue weighted by atomic mass is 35.5. The molecule has 0 unspecified atom stereocenters. The van der Waals surface area contributed by atoms with Crippen LogP contribution in [0.15, 0.2) is 33.7 Å². The number of sulfonamides is 1. The molecular weight excluding hydrogens is 437 g/mol. The van der Waals surface area contributed by atoms with Gasteiger partial charge < -0.3 is 9.42 Å². The van der Waals surface area contributed by atoms with Crippen LogP contribution in [0, 0.1) is 13.8 Å². The second-order valence-electron chi connectivity index (χ2n) is 6.74. The molecule has 0 N–H and O–H groups in total. The van der Waals surface area contributed by atoms with Gasteiger partial charge in [-0.25, -0.2) is 8.42 Å². The standard InChI is InChI=1S/C19H21Cl2N3O4S/c1-13-19(14(2)28-22-13)29(26,27)24-9-3-8-23(10-11-24)18(25)7-5-15-4-6-16(20)12-17(15)21/h4-7,12H,3,8-11H2,1-2H3. The summed E-state index contributed by atoms with van der Waals surface area (Å²) in [6.45, 7) is 4.46. The van der Waals surface area contributed by atoms with Crippen molar-refractivity contribution in [3.63, 3.8) is 0 Å². The fourth-order valence-electron chi connectivity index (χ4n) is 3.23. The number of halogens is 2. The van der Waals surface area contributed by atoms with Gasteiger partial charge in [0.2, 0.25) is 15.9 Å². The van der Waals surface area contributed by atoms with Gasteiger partial charge in [-0.1, -0.05) is 34.4 Å². The van der Waals surface area contributed by atoms with Crippen molar-refractivity contribution in [1.29, 1.82) is 0 Å². The zero-order chi connectivity index (χ0) is 21.2. The highest BCUT2D eigenvalue weighted by Crippen LogP contribution is 2.25. The first-order valence-electron chi connectivity index (χ1n) is 9.05. The monoisotopic (exact) mass is 457 g/mol. The first-order chi connectivity index (χ1) is 13.7. The summed E-state index contributed by atoms with van der Waals surface area (Å²) in [5, 5.41) is 4.71. The molecule has 29 heavy (non-hydrogen) atoms. The topological polar surface area (TPSA) is 83.7 Å². The molecule has 1 amide bonds. The molecular formula is C19H21Cl2N3O4S. The Morgan fingerprint density at radius 2 is 1.93 bits per heavy atom. The van der Waals surface area contributed by atoms with Crippen molar-refractivity contribution >= 4 is 45.2 Å². The lowest BCUT2D eigenvalue weighted by atomic mass is 10.2.